The van der Waals surface area contributed by atoms with Crippen molar-refractivity contribution in [3.8, 4) is 0 Å². The van der Waals surface area contributed by atoms with Crippen molar-refractivity contribution in [1.82, 2.24) is 4.90 Å². The molecule has 0 atom stereocenters. The fraction of sp³-hybridized carbons (Fsp3) is 0.462. The molecule has 0 radical (unpaired) electrons. The summed E-state index contributed by atoms with van der Waals surface area (Å²) in [6.45, 7) is 3.39. The lowest BCUT2D eigenvalue weighted by atomic mass is 10.2. The van der Waals surface area contributed by atoms with Crippen molar-refractivity contribution >= 4 is 29.1 Å². The van der Waals surface area contributed by atoms with Crippen LogP contribution < -0.4 is 0 Å². The molecule has 1 amide bonds. The highest BCUT2D eigenvalue weighted by atomic mass is 35.5. The van der Waals surface area contributed by atoms with Gasteiger partial charge in [0, 0.05) is 19.0 Å². The number of benzene rings is 1. The third-order valence-electron chi connectivity index (χ3n) is 2.53. The molecule has 0 saturated carbocycles. The molecule has 0 unspecified atom stereocenters. The molecule has 0 heterocycles. The van der Waals surface area contributed by atoms with Crippen molar-refractivity contribution in [2.75, 3.05) is 19.0 Å². The number of alkyl halides is 1. The van der Waals surface area contributed by atoms with Crippen LogP contribution in [0.25, 0.3) is 0 Å². The van der Waals surface area contributed by atoms with Crippen LogP contribution in [-0.2, 0) is 0 Å². The molecule has 0 saturated heterocycles. The van der Waals surface area contributed by atoms with E-state index in [0.29, 0.717) is 23.0 Å². The van der Waals surface area contributed by atoms with Gasteiger partial charge in [0.05, 0.1) is 10.6 Å². The van der Waals surface area contributed by atoms with Gasteiger partial charge in [0.2, 0.25) is 0 Å². The van der Waals surface area contributed by atoms with E-state index in [4.69, 9.17) is 23.2 Å². The van der Waals surface area contributed by atoms with Crippen LogP contribution in [-0.4, -0.2) is 29.8 Å². The molecule has 0 aromatic heterocycles. The Morgan fingerprint density at radius 1 is 1.29 bits per heavy atom. The zero-order valence-electron chi connectivity index (χ0n) is 9.96. The van der Waals surface area contributed by atoms with E-state index in [-0.39, 0.29) is 5.91 Å². The maximum atomic E-state index is 12.2. The first kappa shape index (κ1) is 14.3. The minimum absolute atomic E-state index is 0.0373. The maximum absolute atomic E-state index is 12.2. The lowest BCUT2D eigenvalue weighted by Crippen LogP contribution is -2.33. The monoisotopic (exact) mass is 273 g/mol. The van der Waals surface area contributed by atoms with Crippen molar-refractivity contribution < 1.29 is 4.79 Å². The van der Waals surface area contributed by atoms with Gasteiger partial charge in [-0.1, -0.05) is 37.1 Å². The predicted molar refractivity (Wildman–Crippen MR) is 73.0 cm³/mol. The zero-order chi connectivity index (χ0) is 12.7. The molecule has 17 heavy (non-hydrogen) atoms. The summed E-state index contributed by atoms with van der Waals surface area (Å²) in [5.41, 5.74) is 0.551. The normalized spacial score (nSPS) is 10.3. The fourth-order valence-corrected chi connectivity index (χ4v) is 1.99. The average molecular weight is 274 g/mol. The van der Waals surface area contributed by atoms with Gasteiger partial charge in [-0.05, 0) is 18.6 Å². The number of amides is 1. The SMILES string of the molecule is CCCCN(CCCl)C(=O)c1ccccc1Cl. The number of carbonyl (C=O) groups is 1. The van der Waals surface area contributed by atoms with E-state index in [1.165, 1.54) is 0 Å². The van der Waals surface area contributed by atoms with Crippen LogP contribution >= 0.6 is 23.2 Å². The number of rotatable bonds is 6. The first-order chi connectivity index (χ1) is 8.20. The van der Waals surface area contributed by atoms with E-state index in [1.54, 1.807) is 17.0 Å². The molecule has 1 aromatic rings. The fourth-order valence-electron chi connectivity index (χ4n) is 1.57. The molecular weight excluding hydrogens is 257 g/mol. The highest BCUT2D eigenvalue weighted by Crippen LogP contribution is 2.17. The molecule has 0 aliphatic carbocycles. The third kappa shape index (κ3) is 4.21. The van der Waals surface area contributed by atoms with E-state index in [9.17, 15) is 4.79 Å². The second kappa shape index (κ2) is 7.57. The Bertz CT molecular complexity index is 368. The lowest BCUT2D eigenvalue weighted by molar-refractivity contribution is 0.0763. The summed E-state index contributed by atoms with van der Waals surface area (Å²) < 4.78 is 0. The lowest BCUT2D eigenvalue weighted by Gasteiger charge is -2.22. The summed E-state index contributed by atoms with van der Waals surface area (Å²) >= 11 is 11.7. The number of unbranched alkanes of at least 4 members (excludes halogenated alkanes) is 1. The molecule has 4 heteroatoms. The topological polar surface area (TPSA) is 20.3 Å². The van der Waals surface area contributed by atoms with E-state index < -0.39 is 0 Å². The van der Waals surface area contributed by atoms with Crippen molar-refractivity contribution in [3.05, 3.63) is 34.9 Å². The quantitative estimate of drug-likeness (QED) is 0.722. The van der Waals surface area contributed by atoms with Gasteiger partial charge in [-0.2, -0.15) is 0 Å². The largest absolute Gasteiger partial charge is 0.337 e. The standard InChI is InChI=1S/C13H17Cl2NO/c1-2-3-9-16(10-8-14)13(17)11-6-4-5-7-12(11)15/h4-7H,2-3,8-10H2,1H3. The second-order valence-corrected chi connectivity index (χ2v) is 4.60. The first-order valence-electron chi connectivity index (χ1n) is 5.80. The smallest absolute Gasteiger partial charge is 0.255 e. The van der Waals surface area contributed by atoms with Crippen molar-refractivity contribution in [3.63, 3.8) is 0 Å². The molecule has 0 bridgehead atoms. The van der Waals surface area contributed by atoms with Gasteiger partial charge >= 0.3 is 0 Å². The van der Waals surface area contributed by atoms with E-state index in [0.717, 1.165) is 19.4 Å². The van der Waals surface area contributed by atoms with Crippen LogP contribution in [0.15, 0.2) is 24.3 Å². The van der Waals surface area contributed by atoms with E-state index >= 15 is 0 Å². The summed E-state index contributed by atoms with van der Waals surface area (Å²) in [5.74, 6) is 0.407. The van der Waals surface area contributed by atoms with Crippen LogP contribution in [0.3, 0.4) is 0 Å². The molecule has 2 nitrogen and oxygen atoms in total. The van der Waals surface area contributed by atoms with Crippen molar-refractivity contribution in [2.24, 2.45) is 0 Å². The van der Waals surface area contributed by atoms with Gasteiger partial charge in [-0.25, -0.2) is 0 Å². The molecule has 94 valence electrons. The Morgan fingerprint density at radius 3 is 2.59 bits per heavy atom. The van der Waals surface area contributed by atoms with Gasteiger partial charge in [0.15, 0.2) is 0 Å². The summed E-state index contributed by atoms with van der Waals surface area (Å²) in [7, 11) is 0. The third-order valence-corrected chi connectivity index (χ3v) is 3.03. The van der Waals surface area contributed by atoms with Gasteiger partial charge in [0.25, 0.3) is 5.91 Å². The molecule has 0 aliphatic heterocycles. The Labute approximate surface area is 113 Å². The minimum atomic E-state index is -0.0373. The average Bonchev–Trinajstić information content (AvgIpc) is 2.34. The Hall–Kier alpha value is -0.730. The van der Waals surface area contributed by atoms with E-state index in [2.05, 4.69) is 6.92 Å². The predicted octanol–water partition coefficient (Wildman–Crippen LogP) is 3.82. The molecule has 1 aromatic carbocycles. The summed E-state index contributed by atoms with van der Waals surface area (Å²) in [5, 5.41) is 0.494. The summed E-state index contributed by atoms with van der Waals surface area (Å²) in [6, 6.07) is 7.11. The number of nitrogens with zero attached hydrogens (tertiary/aromatic N) is 1. The zero-order valence-corrected chi connectivity index (χ0v) is 11.5. The molecule has 1 rings (SSSR count). The van der Waals surface area contributed by atoms with Crippen LogP contribution in [0.4, 0.5) is 0 Å². The summed E-state index contributed by atoms with van der Waals surface area (Å²) in [6.07, 6.45) is 2.03. The first-order valence-corrected chi connectivity index (χ1v) is 6.71. The van der Waals surface area contributed by atoms with Gasteiger partial charge in [-0.3, -0.25) is 4.79 Å². The highest BCUT2D eigenvalue weighted by molar-refractivity contribution is 6.33. The minimum Gasteiger partial charge on any atom is -0.337 e. The van der Waals surface area contributed by atoms with Gasteiger partial charge in [0.1, 0.15) is 0 Å². The van der Waals surface area contributed by atoms with Crippen LogP contribution in [0.5, 0.6) is 0 Å². The Balaban J connectivity index is 2.80. The number of hydrogen-bond donors (Lipinski definition) is 0. The van der Waals surface area contributed by atoms with Crippen LogP contribution in [0.2, 0.25) is 5.02 Å². The Kier molecular flexibility index (Phi) is 6.38. The maximum Gasteiger partial charge on any atom is 0.255 e. The van der Waals surface area contributed by atoms with Crippen LogP contribution in [0, 0.1) is 0 Å². The molecular formula is C13H17Cl2NO. The van der Waals surface area contributed by atoms with Crippen molar-refractivity contribution in [1.29, 1.82) is 0 Å². The van der Waals surface area contributed by atoms with Crippen molar-refractivity contribution in [2.45, 2.75) is 19.8 Å². The summed E-state index contributed by atoms with van der Waals surface area (Å²) in [4.78, 5) is 14.0. The molecule has 0 spiro atoms. The second-order valence-electron chi connectivity index (χ2n) is 3.81. The van der Waals surface area contributed by atoms with E-state index in [1.807, 2.05) is 12.1 Å². The molecule has 0 fully saturated rings. The van der Waals surface area contributed by atoms with Gasteiger partial charge < -0.3 is 4.90 Å². The van der Waals surface area contributed by atoms with Crippen LogP contribution in [0.1, 0.15) is 30.1 Å². The molecule has 0 N–H and O–H groups in total. The Morgan fingerprint density at radius 2 is 2.00 bits per heavy atom. The molecule has 0 aliphatic rings. The number of hydrogen-bond acceptors (Lipinski definition) is 1. The van der Waals surface area contributed by atoms with Gasteiger partial charge in [-0.15, -0.1) is 11.6 Å². The highest BCUT2D eigenvalue weighted by Gasteiger charge is 2.16. The number of halogens is 2. The number of carbonyl (C=O) groups excluding carboxylic acids is 1.